The Morgan fingerprint density at radius 2 is 1.62 bits per heavy atom. The molecule has 4 heterocycles. The van der Waals surface area contributed by atoms with Crippen LogP contribution in [0.5, 0.6) is 0 Å². The van der Waals surface area contributed by atoms with Crippen molar-refractivity contribution in [2.45, 2.75) is 0 Å². The fourth-order valence-corrected chi connectivity index (χ4v) is 9.01. The molecule has 3 fully saturated rings. The van der Waals surface area contributed by atoms with E-state index in [0.717, 1.165) is 29.2 Å². The Labute approximate surface area is 93.9 Å². The maximum atomic E-state index is 6.10. The van der Waals surface area contributed by atoms with Crippen molar-refractivity contribution >= 4 is 13.6 Å². The van der Waals surface area contributed by atoms with Gasteiger partial charge < -0.3 is 0 Å². The first-order chi connectivity index (χ1) is 7.81. The number of quaternary nitrogens is 1. The summed E-state index contributed by atoms with van der Waals surface area (Å²) in [6.07, 6.45) is 1.68. The molecule has 0 N–H and O–H groups in total. The van der Waals surface area contributed by atoms with Crippen LogP contribution in [0.25, 0.3) is 0 Å². The molecular formula is C10H15NO4Si. The van der Waals surface area contributed by atoms with Crippen molar-refractivity contribution in [1.82, 2.24) is 0 Å². The summed E-state index contributed by atoms with van der Waals surface area (Å²) >= 11 is 0. The van der Waals surface area contributed by atoms with Crippen molar-refractivity contribution in [3.05, 3.63) is 18.4 Å². The van der Waals surface area contributed by atoms with Crippen LogP contribution in [0.4, 0.5) is 0 Å². The van der Waals surface area contributed by atoms with Crippen LogP contribution in [0.3, 0.4) is 0 Å². The van der Waals surface area contributed by atoms with Crippen LogP contribution in [0, 0.1) is 0 Å². The second kappa shape index (κ2) is 2.60. The van der Waals surface area contributed by atoms with Gasteiger partial charge in [-0.15, -0.1) is 0 Å². The molecule has 4 rings (SSSR count). The second-order valence-corrected chi connectivity index (χ2v) is 8.97. The summed E-state index contributed by atoms with van der Waals surface area (Å²) in [5.74, 6) is 0. The standard InChI is InChI=1S/C10H15NO4Si/c1-2-10(12-6-1)16-11(3-7-13-16,4-8-14-16)5-9-15-16/h1-2,6H,3-5,7-9H2. The summed E-state index contributed by atoms with van der Waals surface area (Å²) in [4.78, 5) is 0. The van der Waals surface area contributed by atoms with E-state index in [1.165, 1.54) is 0 Å². The first-order valence-electron chi connectivity index (χ1n) is 5.80. The molecule has 88 valence electrons. The van der Waals surface area contributed by atoms with Gasteiger partial charge in [0.05, 0.1) is 0 Å². The Bertz CT molecular complexity index is 400. The molecule has 3 aliphatic rings. The van der Waals surface area contributed by atoms with Gasteiger partial charge in [-0.25, -0.2) is 0 Å². The van der Waals surface area contributed by atoms with Crippen LogP contribution in [0.15, 0.2) is 22.8 Å². The molecule has 1 aromatic rings. The molecule has 0 aliphatic carbocycles. The number of hydrogen-bond acceptors (Lipinski definition) is 4. The zero-order valence-corrected chi connectivity index (χ0v) is 10.1. The molecule has 0 unspecified atom stereocenters. The summed E-state index contributed by atoms with van der Waals surface area (Å²) < 4.78 is 24.7. The van der Waals surface area contributed by atoms with E-state index in [2.05, 4.69) is 0 Å². The zero-order valence-electron chi connectivity index (χ0n) is 9.05. The van der Waals surface area contributed by atoms with Crippen LogP contribution in [-0.2, 0) is 13.3 Å². The maximum absolute atomic E-state index is 6.10. The predicted octanol–water partition coefficient (Wildman–Crippen LogP) is -0.216. The molecule has 0 atom stereocenters. The Morgan fingerprint density at radius 1 is 1.00 bits per heavy atom. The van der Waals surface area contributed by atoms with Crippen molar-refractivity contribution in [2.24, 2.45) is 0 Å². The minimum absolute atomic E-state index is 0.717. The molecule has 16 heavy (non-hydrogen) atoms. The van der Waals surface area contributed by atoms with Gasteiger partial charge in [0.15, 0.2) is 0 Å². The molecule has 3 saturated heterocycles. The third kappa shape index (κ3) is 0.714. The molecule has 0 aromatic carbocycles. The van der Waals surface area contributed by atoms with E-state index in [-0.39, 0.29) is 0 Å². The number of rotatable bonds is 1. The zero-order chi connectivity index (χ0) is 10.7. The SMILES string of the molecule is c1coc([Si-]234OCC[N+]2(CCO3)CCO4)c1. The van der Waals surface area contributed by atoms with Gasteiger partial charge in [-0.3, -0.25) is 0 Å². The van der Waals surface area contributed by atoms with E-state index in [0.29, 0.717) is 19.8 Å². The van der Waals surface area contributed by atoms with Gasteiger partial charge in [0.1, 0.15) is 0 Å². The summed E-state index contributed by atoms with van der Waals surface area (Å²) in [5, 5.41) is 0.799. The summed E-state index contributed by atoms with van der Waals surface area (Å²) in [6.45, 7) is 5.13. The van der Waals surface area contributed by atoms with Crippen LogP contribution in [-0.4, -0.2) is 51.8 Å². The van der Waals surface area contributed by atoms with E-state index in [4.69, 9.17) is 17.7 Å². The van der Waals surface area contributed by atoms with Gasteiger partial charge in [0.25, 0.3) is 0 Å². The summed E-state index contributed by atoms with van der Waals surface area (Å²) in [7, 11) is -3.46. The quantitative estimate of drug-likeness (QED) is 0.638. The van der Waals surface area contributed by atoms with Crippen LogP contribution >= 0.6 is 0 Å². The van der Waals surface area contributed by atoms with E-state index < -0.39 is 8.24 Å². The Balaban J connectivity index is 2.01. The predicted molar refractivity (Wildman–Crippen MR) is 56.8 cm³/mol. The first kappa shape index (κ1) is 9.38. The van der Waals surface area contributed by atoms with E-state index in [1.807, 2.05) is 12.1 Å². The van der Waals surface area contributed by atoms with Crippen molar-refractivity contribution in [2.75, 3.05) is 39.5 Å². The van der Waals surface area contributed by atoms with E-state index in [9.17, 15) is 0 Å². The molecule has 0 saturated carbocycles. The average molecular weight is 241 g/mol. The molecule has 0 spiro atoms. The van der Waals surface area contributed by atoms with Crippen LogP contribution in [0.1, 0.15) is 0 Å². The number of furan rings is 1. The minimum atomic E-state index is -3.46. The molecule has 0 radical (unpaired) electrons. The third-order valence-electron chi connectivity index (χ3n) is 4.38. The Kier molecular flexibility index (Phi) is 1.52. The van der Waals surface area contributed by atoms with Gasteiger partial charge >= 0.3 is 93.3 Å². The van der Waals surface area contributed by atoms with Crippen molar-refractivity contribution < 1.29 is 21.8 Å². The van der Waals surface area contributed by atoms with Crippen molar-refractivity contribution in [1.29, 1.82) is 0 Å². The van der Waals surface area contributed by atoms with E-state index in [1.54, 1.807) is 6.26 Å². The van der Waals surface area contributed by atoms with Crippen LogP contribution < -0.4 is 5.38 Å². The molecule has 5 nitrogen and oxygen atoms in total. The number of nitrogens with zero attached hydrogens (tertiary/aromatic N) is 1. The Hall–Kier alpha value is -0.663. The monoisotopic (exact) mass is 241 g/mol. The third-order valence-corrected chi connectivity index (χ3v) is 9.93. The molecular weight excluding hydrogens is 226 g/mol. The fraction of sp³-hybridized carbons (Fsp3) is 0.600. The molecule has 1 aromatic heterocycles. The Morgan fingerprint density at radius 3 is 2.12 bits per heavy atom. The molecule has 3 aliphatic heterocycles. The van der Waals surface area contributed by atoms with Gasteiger partial charge in [-0.05, 0) is 0 Å². The van der Waals surface area contributed by atoms with Gasteiger partial charge in [-0.1, -0.05) is 0 Å². The average Bonchev–Trinajstić information content (AvgIpc) is 2.92. The molecule has 0 amide bonds. The van der Waals surface area contributed by atoms with E-state index >= 15 is 0 Å². The van der Waals surface area contributed by atoms with Gasteiger partial charge in [0.2, 0.25) is 0 Å². The second-order valence-electron chi connectivity index (χ2n) is 4.78. The summed E-state index contributed by atoms with van der Waals surface area (Å²) in [6, 6.07) is 3.83. The fourth-order valence-electron chi connectivity index (χ4n) is 3.61. The van der Waals surface area contributed by atoms with Crippen molar-refractivity contribution in [3.8, 4) is 0 Å². The first-order valence-corrected chi connectivity index (χ1v) is 7.97. The summed E-state index contributed by atoms with van der Waals surface area (Å²) in [5.41, 5.74) is 0. The number of hydrogen-bond donors (Lipinski definition) is 0. The normalized spacial score (nSPS) is 41.1. The van der Waals surface area contributed by atoms with Crippen LogP contribution in [0.2, 0.25) is 0 Å². The van der Waals surface area contributed by atoms with Gasteiger partial charge in [0, 0.05) is 0 Å². The van der Waals surface area contributed by atoms with Gasteiger partial charge in [-0.2, -0.15) is 0 Å². The molecule has 6 heteroatoms. The topological polar surface area (TPSA) is 40.8 Å². The van der Waals surface area contributed by atoms with Crippen molar-refractivity contribution in [3.63, 3.8) is 0 Å². The molecule has 0 bridgehead atoms.